The van der Waals surface area contributed by atoms with Gasteiger partial charge in [-0.15, -0.1) is 0 Å². The topological polar surface area (TPSA) is 299 Å². The van der Waals surface area contributed by atoms with E-state index in [0.29, 0.717) is 150 Å². The number of rotatable bonds is 22. The fourth-order valence-corrected chi connectivity index (χ4v) is 26.8. The Hall–Kier alpha value is -9.34. The molecule has 9 N–H and O–H groups in total. The van der Waals surface area contributed by atoms with E-state index in [1.165, 1.54) is 81.5 Å². The number of nitrogens with zero attached hydrogens (tertiary/aromatic N) is 8. The molecule has 16 aliphatic rings. The van der Waals surface area contributed by atoms with Gasteiger partial charge in [0.05, 0.1) is 35.6 Å². The average molecular weight is 1890 g/mol. The Labute approximate surface area is 820 Å². The molecular formula is C113H161N17O8. The molecule has 0 bridgehead atoms. The Morgan fingerprint density at radius 1 is 0.442 bits per heavy atom. The summed E-state index contributed by atoms with van der Waals surface area (Å²) in [6, 6.07) is 27.2. The van der Waals surface area contributed by atoms with E-state index >= 15 is 0 Å². The summed E-state index contributed by atoms with van der Waals surface area (Å²) in [6.07, 6.45) is 24.5. The maximum absolute atomic E-state index is 13.0. The number of aromatic nitrogens is 8. The maximum atomic E-state index is 13.0. The number of hydrogen-bond acceptors (Lipinski definition) is 18. The van der Waals surface area contributed by atoms with E-state index in [-0.39, 0.29) is 87.0 Å². The van der Waals surface area contributed by atoms with Crippen molar-refractivity contribution in [2.45, 2.75) is 243 Å². The molecule has 14 fully saturated rings. The number of fused-ring (bicyclic) bond motifs is 11. The number of ketones is 3. The zero-order valence-corrected chi connectivity index (χ0v) is 81.5. The zero-order valence-electron chi connectivity index (χ0n) is 81.5. The van der Waals surface area contributed by atoms with Crippen molar-refractivity contribution < 1.29 is 38.2 Å². The second-order valence-corrected chi connectivity index (χ2v) is 45.7. The lowest BCUT2D eigenvalue weighted by Gasteiger charge is -2.39. The van der Waals surface area contributed by atoms with E-state index in [1.807, 2.05) is 56.1 Å². The van der Waals surface area contributed by atoms with Gasteiger partial charge < -0.3 is 75.1 Å². The normalized spacial score (nSPS) is 29.2. The van der Waals surface area contributed by atoms with Gasteiger partial charge in [0.25, 0.3) is 0 Å². The number of ether oxygens (including phenoxy) is 2. The second kappa shape index (κ2) is 39.9. The van der Waals surface area contributed by atoms with Crippen LogP contribution in [0, 0.1) is 147 Å². The third kappa shape index (κ3) is 19.7. The average Bonchev–Trinajstić information content (AvgIpc) is 1.58. The van der Waals surface area contributed by atoms with Crippen LogP contribution in [-0.2, 0) is 73.8 Å². The number of imidazole rings is 3. The molecule has 9 aromatic rings. The fourth-order valence-electron chi connectivity index (χ4n) is 26.8. The van der Waals surface area contributed by atoms with Crippen LogP contribution < -0.4 is 52.6 Å². The van der Waals surface area contributed by atoms with Crippen LogP contribution in [0.4, 0.5) is 0 Å². The molecule has 0 radical (unpaired) electrons. The molecular weight excluding hydrogens is 1720 g/mol. The van der Waals surface area contributed by atoms with Crippen molar-refractivity contribution in [2.24, 2.45) is 112 Å². The first kappa shape index (κ1) is 102. The number of Topliss-reactive ketones (excluding diaryl/α,β-unsaturated/α-hetero) is 3. The lowest BCUT2D eigenvalue weighted by atomic mass is 9.78. The largest absolute Gasteiger partial charge is 0.493 e. The van der Waals surface area contributed by atoms with Gasteiger partial charge in [0.1, 0.15) is 46.1 Å². The number of amides is 3. The monoisotopic (exact) mass is 1880 g/mol. The van der Waals surface area contributed by atoms with E-state index in [0.717, 1.165) is 152 Å². The van der Waals surface area contributed by atoms with Crippen molar-refractivity contribution in [3.63, 3.8) is 0 Å². The molecule has 7 aliphatic carbocycles. The molecule has 25 rings (SSSR count). The molecule has 8 unspecified atom stereocenters. The van der Waals surface area contributed by atoms with Gasteiger partial charge in [0.15, 0.2) is 0 Å². The SMILES string of the molecule is C.C.C.C.CC(C)(NC(=O)C1[C@H]2CNC[C@@H]12)C1CCOc2ccccc21.CC(C)(NC(=O)C1[C@H]2CNC[C@@H]12)c1ncc2n1CCCC2.Cc1cc(C)c(C(C)(C)CC(=O)C2[C@H]3CNC[C@@H]23)cn1.Cc1cccn2c(C(C)(C)CC(=O)C3[C@H]4CNC[C@@H]34)ccc12.Cc1cccn2c(C(C)(CC(=O)C3[C@H]4CNC[C@@H]34)C3CC3)ncc12.Cc1cccn2c(C3(NC(=O)C4[C@H]5CNC[C@@H]45)CCOCC3)ncc12. The Bertz CT molecular complexity index is 5890. The Morgan fingerprint density at radius 2 is 0.906 bits per heavy atom. The predicted octanol–water partition coefficient (Wildman–Crippen LogP) is 14.8. The number of para-hydroxylation sites is 1. The minimum Gasteiger partial charge on any atom is -0.493 e. The summed E-state index contributed by atoms with van der Waals surface area (Å²) in [7, 11) is 0. The third-order valence-corrected chi connectivity index (χ3v) is 34.9. The Morgan fingerprint density at radius 3 is 1.44 bits per heavy atom. The van der Waals surface area contributed by atoms with Gasteiger partial charge in [0, 0.05) is 163 Å². The number of benzene rings is 1. The molecule has 1 aromatic carbocycles. The molecule has 0 spiro atoms. The highest BCUT2D eigenvalue weighted by molar-refractivity contribution is 5.88. The Balaban J connectivity index is 0.000000119. The maximum Gasteiger partial charge on any atom is 0.224 e. The summed E-state index contributed by atoms with van der Waals surface area (Å²) < 4.78 is 20.3. The summed E-state index contributed by atoms with van der Waals surface area (Å²) in [5.41, 5.74) is 13.0. The van der Waals surface area contributed by atoms with Gasteiger partial charge in [-0.3, -0.25) is 33.8 Å². The number of carbonyl (C=O) groups is 6. The number of piperidine rings is 6. The Kier molecular flexibility index (Phi) is 29.3. The van der Waals surface area contributed by atoms with E-state index in [4.69, 9.17) is 19.4 Å². The van der Waals surface area contributed by atoms with Crippen molar-refractivity contribution in [1.82, 2.24) is 85.6 Å². The first-order chi connectivity index (χ1) is 64.3. The molecule has 20 atom stereocenters. The van der Waals surface area contributed by atoms with Gasteiger partial charge in [-0.25, -0.2) is 15.0 Å². The summed E-state index contributed by atoms with van der Waals surface area (Å²) in [6.45, 7) is 45.2. The third-order valence-electron chi connectivity index (χ3n) is 34.9. The molecule has 9 aliphatic heterocycles. The van der Waals surface area contributed by atoms with E-state index < -0.39 is 11.1 Å². The van der Waals surface area contributed by atoms with Crippen LogP contribution in [0.2, 0.25) is 0 Å². The van der Waals surface area contributed by atoms with Crippen LogP contribution in [0.25, 0.3) is 16.6 Å². The highest BCUT2D eigenvalue weighted by Crippen LogP contribution is 2.58. The molecule has 17 heterocycles. The molecule has 746 valence electrons. The number of nitrogens with one attached hydrogen (secondary N) is 9. The first-order valence-electron chi connectivity index (χ1n) is 50.8. The number of aryl methyl sites for hydroxylation is 6. The van der Waals surface area contributed by atoms with Gasteiger partial charge in [-0.2, -0.15) is 0 Å². The van der Waals surface area contributed by atoms with E-state index in [2.05, 4.69) is 239 Å². The van der Waals surface area contributed by atoms with Crippen molar-refractivity contribution >= 4 is 51.6 Å². The number of hydrogen-bond donors (Lipinski definition) is 9. The molecule has 25 nitrogen and oxygen atoms in total. The van der Waals surface area contributed by atoms with Crippen LogP contribution in [0.1, 0.15) is 230 Å². The minimum atomic E-state index is -0.431. The summed E-state index contributed by atoms with van der Waals surface area (Å²) in [4.78, 5) is 94.9. The van der Waals surface area contributed by atoms with Crippen molar-refractivity contribution in [2.75, 3.05) is 98.4 Å². The molecule has 7 saturated heterocycles. The molecule has 3 amide bonds. The summed E-state index contributed by atoms with van der Waals surface area (Å²) >= 11 is 0. The smallest absolute Gasteiger partial charge is 0.224 e. The molecule has 138 heavy (non-hydrogen) atoms. The first-order valence-corrected chi connectivity index (χ1v) is 50.8. The number of carbonyl (C=O) groups excluding carboxylic acids is 6. The van der Waals surface area contributed by atoms with Gasteiger partial charge in [-0.05, 0) is 338 Å². The highest BCUT2D eigenvalue weighted by Gasteiger charge is 2.63. The molecule has 8 aromatic heterocycles. The summed E-state index contributed by atoms with van der Waals surface area (Å²) in [5, 5.41) is 30.2. The van der Waals surface area contributed by atoms with Crippen molar-refractivity contribution in [3.8, 4) is 5.75 Å². The highest BCUT2D eigenvalue weighted by atomic mass is 16.5. The van der Waals surface area contributed by atoms with Crippen LogP contribution in [0.5, 0.6) is 5.75 Å². The zero-order chi connectivity index (χ0) is 93.4. The van der Waals surface area contributed by atoms with Crippen LogP contribution in [0.3, 0.4) is 0 Å². The van der Waals surface area contributed by atoms with E-state index in [9.17, 15) is 28.8 Å². The fraction of sp³-hybridized carbons (Fsp3) is 0.628. The predicted molar refractivity (Wildman–Crippen MR) is 545 cm³/mol. The van der Waals surface area contributed by atoms with Crippen LogP contribution >= 0.6 is 0 Å². The minimum absolute atomic E-state index is 0. The van der Waals surface area contributed by atoms with Gasteiger partial charge in [-0.1, -0.05) is 101 Å². The quantitative estimate of drug-likeness (QED) is 0.0305. The second-order valence-electron chi connectivity index (χ2n) is 45.7. The lowest BCUT2D eigenvalue weighted by Crippen LogP contribution is -2.51. The van der Waals surface area contributed by atoms with Crippen molar-refractivity contribution in [1.29, 1.82) is 0 Å². The summed E-state index contributed by atoms with van der Waals surface area (Å²) in [5.74, 6) is 15.6. The van der Waals surface area contributed by atoms with Crippen LogP contribution in [-0.4, -0.2) is 177 Å². The van der Waals surface area contributed by atoms with Gasteiger partial charge >= 0.3 is 0 Å². The van der Waals surface area contributed by atoms with Crippen LogP contribution in [0.15, 0.2) is 122 Å². The molecule has 7 saturated carbocycles. The van der Waals surface area contributed by atoms with Crippen molar-refractivity contribution in [3.05, 3.63) is 190 Å². The standard InChI is InChI=1S/C20H25N3O.C19H24N4O2.C19H24N2O.C18H24N2O2.C17H24N2O.C16H24N4O.4CH4/c1-12-4-3-7-23-16(12)11-22-19(23)20(2,13-5-6-13)8-17(24)18-14-9-21-10-15(14)18;1-12-3-2-6-23-15(12)11-21-18(23)19(4-7-25-8-5-19)22-17(24)16-13-9-20-10-14(13)16;1-12-5-4-8-21-15(12)6-7-17(21)19(2,3)9-16(22)18-13-10-20-11-14(13)18;1-18(2,20-17(21)16-12-9-19-10-13(12)16)14-7-8-22-15-6-4-3-5-11(14)15;1-10-5-11(2)19-9-14(10)17(3,4)6-15(20)16-12-7-18-8-13(12)16;1-16(2,15-18-7-10-5-3-4-6-20(10)15)19-14(21)13-11-8-17-9-12(11)13;;;;/h3-4,7,11,13-15,18,21H,5-6,8-10H2,1-2H3;2-3,6,11,13-14,16,20H,4-5,7-10H2,1H3,(H,22,24);4-8,13-14,18,20H,9-11H2,1-3H3;3-6,12-14,16,19H,7-10H2,1-2H3,(H,20,21);5,9,12-13,16,18H,6-8H2,1-4H3;7,11-13,17H,3-6,8-9H2,1-2H3,(H,19,21);4*1H4/t14-,15+,18?,20?;13-,14+,16?;13-,14+,18?;12-,13+,14?,16?;12-,13+,16?;11-,12+,13?;;;;. The number of pyridine rings is 4. The molecule has 25 heteroatoms. The lowest BCUT2D eigenvalue weighted by molar-refractivity contribution is -0.127. The van der Waals surface area contributed by atoms with E-state index in [1.54, 1.807) is 0 Å². The van der Waals surface area contributed by atoms with Gasteiger partial charge in [0.2, 0.25) is 17.7 Å².